The highest BCUT2D eigenvalue weighted by molar-refractivity contribution is 5.76. The zero-order valence-electron chi connectivity index (χ0n) is 11.9. The number of carbonyl (C=O) groups excluding carboxylic acids is 1. The van der Waals surface area contributed by atoms with Gasteiger partial charge >= 0.3 is 0 Å². The van der Waals surface area contributed by atoms with Crippen molar-refractivity contribution in [2.45, 2.75) is 45.1 Å². The van der Waals surface area contributed by atoms with Gasteiger partial charge in [0.05, 0.1) is 0 Å². The van der Waals surface area contributed by atoms with Gasteiger partial charge < -0.3 is 16.2 Å². The van der Waals surface area contributed by atoms with Crippen LogP contribution in [0.3, 0.4) is 0 Å². The summed E-state index contributed by atoms with van der Waals surface area (Å²) in [6.45, 7) is 0.948. The predicted molar refractivity (Wildman–Crippen MR) is 79.1 cm³/mol. The van der Waals surface area contributed by atoms with Crippen LogP contribution in [0.1, 0.15) is 44.1 Å². The van der Waals surface area contributed by atoms with E-state index in [1.54, 1.807) is 12.1 Å². The van der Waals surface area contributed by atoms with Gasteiger partial charge in [-0.1, -0.05) is 37.5 Å². The van der Waals surface area contributed by atoms with E-state index in [0.717, 1.165) is 18.4 Å². The molecule has 1 aliphatic carbocycles. The Morgan fingerprint density at radius 3 is 2.60 bits per heavy atom. The normalized spacial score (nSPS) is 17.6. The van der Waals surface area contributed by atoms with Gasteiger partial charge in [0.2, 0.25) is 5.91 Å². The van der Waals surface area contributed by atoms with Crippen LogP contribution in [0.4, 0.5) is 0 Å². The molecule has 0 heterocycles. The second-order valence-corrected chi connectivity index (χ2v) is 5.85. The van der Waals surface area contributed by atoms with Gasteiger partial charge in [-0.05, 0) is 30.9 Å². The maximum atomic E-state index is 12.1. The molecule has 20 heavy (non-hydrogen) atoms. The SMILES string of the molecule is NCC1(CC(=O)NCc2ccccc2O)CCCCC1. The lowest BCUT2D eigenvalue weighted by Crippen LogP contribution is -2.38. The molecule has 0 aliphatic heterocycles. The molecule has 1 aliphatic rings. The number of nitrogens with two attached hydrogens (primary N) is 1. The summed E-state index contributed by atoms with van der Waals surface area (Å²) in [5.41, 5.74) is 6.63. The quantitative estimate of drug-likeness (QED) is 0.772. The molecule has 0 radical (unpaired) electrons. The predicted octanol–water partition coefficient (Wildman–Crippen LogP) is 2.31. The molecule has 1 amide bonds. The molecule has 4 N–H and O–H groups in total. The molecule has 0 spiro atoms. The fraction of sp³-hybridized carbons (Fsp3) is 0.562. The molecule has 0 unspecified atom stereocenters. The topological polar surface area (TPSA) is 75.4 Å². The Kier molecular flexibility index (Phi) is 5.01. The van der Waals surface area contributed by atoms with Gasteiger partial charge in [-0.15, -0.1) is 0 Å². The van der Waals surface area contributed by atoms with Crippen LogP contribution in [0.25, 0.3) is 0 Å². The van der Waals surface area contributed by atoms with Crippen LogP contribution in [0.2, 0.25) is 0 Å². The summed E-state index contributed by atoms with van der Waals surface area (Å²) in [6, 6.07) is 7.06. The van der Waals surface area contributed by atoms with Crippen molar-refractivity contribution in [3.05, 3.63) is 29.8 Å². The second-order valence-electron chi connectivity index (χ2n) is 5.85. The smallest absolute Gasteiger partial charge is 0.220 e. The molecule has 1 fully saturated rings. The Morgan fingerprint density at radius 1 is 1.25 bits per heavy atom. The van der Waals surface area contributed by atoms with Gasteiger partial charge in [-0.25, -0.2) is 0 Å². The largest absolute Gasteiger partial charge is 0.508 e. The molecule has 0 atom stereocenters. The van der Waals surface area contributed by atoms with Gasteiger partial charge in [0, 0.05) is 18.5 Å². The number of benzene rings is 1. The van der Waals surface area contributed by atoms with E-state index >= 15 is 0 Å². The van der Waals surface area contributed by atoms with E-state index < -0.39 is 0 Å². The number of phenols is 1. The summed E-state index contributed by atoms with van der Waals surface area (Å²) in [6.07, 6.45) is 6.19. The van der Waals surface area contributed by atoms with Crippen LogP contribution in [-0.2, 0) is 11.3 Å². The van der Waals surface area contributed by atoms with E-state index in [-0.39, 0.29) is 17.1 Å². The minimum absolute atomic E-state index is 0.0128. The van der Waals surface area contributed by atoms with E-state index in [2.05, 4.69) is 5.32 Å². The number of hydrogen-bond donors (Lipinski definition) is 3. The molecule has 0 saturated heterocycles. The highest BCUT2D eigenvalue weighted by atomic mass is 16.3. The van der Waals surface area contributed by atoms with Crippen LogP contribution >= 0.6 is 0 Å². The molecule has 1 aromatic carbocycles. The van der Waals surface area contributed by atoms with E-state index in [0.29, 0.717) is 19.5 Å². The van der Waals surface area contributed by atoms with Crippen molar-refractivity contribution in [1.82, 2.24) is 5.32 Å². The minimum atomic E-state index is -0.0128. The summed E-state index contributed by atoms with van der Waals surface area (Å²) >= 11 is 0. The molecule has 2 rings (SSSR count). The maximum Gasteiger partial charge on any atom is 0.220 e. The average molecular weight is 276 g/mol. The fourth-order valence-corrected chi connectivity index (χ4v) is 3.01. The van der Waals surface area contributed by atoms with E-state index in [1.165, 1.54) is 19.3 Å². The Morgan fingerprint density at radius 2 is 1.95 bits per heavy atom. The summed E-state index contributed by atoms with van der Waals surface area (Å²) in [4.78, 5) is 12.1. The van der Waals surface area contributed by atoms with E-state index in [1.807, 2.05) is 12.1 Å². The van der Waals surface area contributed by atoms with Crippen molar-refractivity contribution in [2.75, 3.05) is 6.54 Å². The Labute approximate surface area is 120 Å². The number of hydrogen-bond acceptors (Lipinski definition) is 3. The van der Waals surface area contributed by atoms with Crippen LogP contribution in [-0.4, -0.2) is 17.6 Å². The number of para-hydroxylation sites is 1. The summed E-state index contributed by atoms with van der Waals surface area (Å²) in [7, 11) is 0. The first kappa shape index (κ1) is 14.9. The molecular weight excluding hydrogens is 252 g/mol. The summed E-state index contributed by atoms with van der Waals surface area (Å²) in [5, 5.41) is 12.6. The van der Waals surface area contributed by atoms with Crippen molar-refractivity contribution in [2.24, 2.45) is 11.1 Å². The average Bonchev–Trinajstić information content (AvgIpc) is 2.47. The Hall–Kier alpha value is -1.55. The number of amides is 1. The third-order valence-electron chi connectivity index (χ3n) is 4.35. The first-order chi connectivity index (χ1) is 9.65. The highest BCUT2D eigenvalue weighted by Gasteiger charge is 2.32. The molecule has 110 valence electrons. The molecule has 0 aromatic heterocycles. The molecule has 0 bridgehead atoms. The van der Waals surface area contributed by atoms with Gasteiger partial charge in [0.1, 0.15) is 5.75 Å². The van der Waals surface area contributed by atoms with Gasteiger partial charge in [-0.2, -0.15) is 0 Å². The van der Waals surface area contributed by atoms with Crippen molar-refractivity contribution in [3.63, 3.8) is 0 Å². The van der Waals surface area contributed by atoms with Gasteiger partial charge in [0.15, 0.2) is 0 Å². The number of nitrogens with one attached hydrogen (secondary N) is 1. The van der Waals surface area contributed by atoms with Crippen molar-refractivity contribution < 1.29 is 9.90 Å². The summed E-state index contributed by atoms with van der Waals surface area (Å²) in [5.74, 6) is 0.250. The number of aromatic hydroxyl groups is 1. The van der Waals surface area contributed by atoms with Crippen LogP contribution in [0, 0.1) is 5.41 Å². The second kappa shape index (κ2) is 6.75. The van der Waals surface area contributed by atoms with Crippen molar-refractivity contribution in [1.29, 1.82) is 0 Å². The lowest BCUT2D eigenvalue weighted by atomic mass is 9.71. The number of carbonyl (C=O) groups is 1. The lowest BCUT2D eigenvalue weighted by Gasteiger charge is -2.35. The third kappa shape index (κ3) is 3.73. The minimum Gasteiger partial charge on any atom is -0.508 e. The molecule has 4 nitrogen and oxygen atoms in total. The van der Waals surface area contributed by atoms with Crippen LogP contribution < -0.4 is 11.1 Å². The number of phenolic OH excluding ortho intramolecular Hbond substituents is 1. The lowest BCUT2D eigenvalue weighted by molar-refractivity contribution is -0.124. The molecular formula is C16H24N2O2. The molecule has 1 aromatic rings. The number of rotatable bonds is 5. The molecule has 1 saturated carbocycles. The summed E-state index contributed by atoms with van der Waals surface area (Å²) < 4.78 is 0. The highest BCUT2D eigenvalue weighted by Crippen LogP contribution is 2.38. The molecule has 4 heteroatoms. The van der Waals surface area contributed by atoms with Gasteiger partial charge in [-0.3, -0.25) is 4.79 Å². The monoisotopic (exact) mass is 276 g/mol. The van der Waals surface area contributed by atoms with Crippen molar-refractivity contribution in [3.8, 4) is 5.75 Å². The maximum absolute atomic E-state index is 12.1. The third-order valence-corrected chi connectivity index (χ3v) is 4.35. The van der Waals surface area contributed by atoms with Crippen LogP contribution in [0.5, 0.6) is 5.75 Å². The van der Waals surface area contributed by atoms with E-state index in [4.69, 9.17) is 5.73 Å². The van der Waals surface area contributed by atoms with E-state index in [9.17, 15) is 9.90 Å². The zero-order valence-corrected chi connectivity index (χ0v) is 11.9. The Balaban J connectivity index is 1.87. The van der Waals surface area contributed by atoms with Crippen molar-refractivity contribution >= 4 is 5.91 Å². The first-order valence-corrected chi connectivity index (χ1v) is 7.39. The first-order valence-electron chi connectivity index (χ1n) is 7.39. The fourth-order valence-electron chi connectivity index (χ4n) is 3.01. The Bertz CT molecular complexity index is 454. The van der Waals surface area contributed by atoms with Gasteiger partial charge in [0.25, 0.3) is 0 Å². The van der Waals surface area contributed by atoms with Crippen LogP contribution in [0.15, 0.2) is 24.3 Å². The zero-order chi connectivity index (χ0) is 14.4. The standard InChI is InChI=1S/C16H24N2O2/c17-12-16(8-4-1-5-9-16)10-15(20)18-11-13-6-2-3-7-14(13)19/h2-3,6-7,19H,1,4-5,8-12,17H2,(H,18,20).